The van der Waals surface area contributed by atoms with Crippen molar-refractivity contribution < 1.29 is 19.5 Å². The molecule has 29 valence electrons. The van der Waals surface area contributed by atoms with E-state index in [1.807, 2.05) is 0 Å². The van der Waals surface area contributed by atoms with E-state index < -0.39 is 0 Å². The van der Waals surface area contributed by atoms with Crippen LogP contribution in [0.15, 0.2) is 0 Å². The third-order valence-electron chi connectivity index (χ3n) is 0. The van der Waals surface area contributed by atoms with Gasteiger partial charge in [0.1, 0.15) is 0 Å². The first-order valence-corrected chi connectivity index (χ1v) is 1.04. The number of nitrogens with two attached hydrogens (primary N) is 1. The molecule has 0 aromatic heterocycles. The van der Waals surface area contributed by atoms with Crippen molar-refractivity contribution in [2.45, 2.75) is 6.92 Å². The standard InChI is InChI=1S/C2H6N2.Ru/c1-2(3)4;/h1H3,(H3,3,4);/q;+3. The van der Waals surface area contributed by atoms with Crippen molar-refractivity contribution in [3.8, 4) is 0 Å². The molecule has 1 radical (unpaired) electrons. The van der Waals surface area contributed by atoms with Crippen LogP contribution in [0.1, 0.15) is 6.92 Å². The molecule has 3 heteroatoms. The van der Waals surface area contributed by atoms with E-state index in [0.717, 1.165) is 0 Å². The Hall–Kier alpha value is 0.0934. The average Bonchev–Trinajstić information content (AvgIpc) is 0.811. The molecule has 0 rings (SSSR count). The molecule has 0 fully saturated rings. The Balaban J connectivity index is 0. The van der Waals surface area contributed by atoms with Gasteiger partial charge in [0.25, 0.3) is 0 Å². The van der Waals surface area contributed by atoms with Gasteiger partial charge >= 0.3 is 19.5 Å². The van der Waals surface area contributed by atoms with E-state index in [-0.39, 0.29) is 25.3 Å². The summed E-state index contributed by atoms with van der Waals surface area (Å²) in [6, 6.07) is 0. The summed E-state index contributed by atoms with van der Waals surface area (Å²) in [7, 11) is 0. The molecule has 0 aliphatic rings. The summed E-state index contributed by atoms with van der Waals surface area (Å²) in [6.45, 7) is 1.53. The molecule has 0 atom stereocenters. The van der Waals surface area contributed by atoms with Crippen molar-refractivity contribution in [3.63, 3.8) is 0 Å². The van der Waals surface area contributed by atoms with Crippen LogP contribution in [0, 0.1) is 5.41 Å². The Bertz CT molecular complexity index is 30.6. The number of nitrogens with one attached hydrogen (secondary N) is 1. The summed E-state index contributed by atoms with van der Waals surface area (Å²) in [5.74, 6) is 0.167. The number of hydrogen-bond acceptors (Lipinski definition) is 1. The van der Waals surface area contributed by atoms with E-state index in [2.05, 4.69) is 0 Å². The molecular formula is C2H6N2Ru+3. The quantitative estimate of drug-likeness (QED) is 0.290. The maximum absolute atomic E-state index is 6.28. The molecule has 0 aromatic carbocycles. The summed E-state index contributed by atoms with van der Waals surface area (Å²) in [5.41, 5.74) is 4.69. The third kappa shape index (κ3) is 2060. The zero-order chi connectivity index (χ0) is 3.58. The van der Waals surface area contributed by atoms with Gasteiger partial charge in [-0.05, 0) is 6.92 Å². The molecule has 0 heterocycles. The Kier molecular flexibility index (Phi) is 7.30. The Morgan fingerprint density at radius 1 is 1.80 bits per heavy atom. The van der Waals surface area contributed by atoms with Crippen molar-refractivity contribution in [2.24, 2.45) is 5.73 Å². The van der Waals surface area contributed by atoms with Gasteiger partial charge in [-0.25, -0.2) is 0 Å². The largest absolute Gasteiger partial charge is 3.00 e. The topological polar surface area (TPSA) is 49.9 Å². The van der Waals surface area contributed by atoms with Gasteiger partial charge in [-0.15, -0.1) is 0 Å². The van der Waals surface area contributed by atoms with Gasteiger partial charge in [0.15, 0.2) is 0 Å². The van der Waals surface area contributed by atoms with Crippen LogP contribution in [0.25, 0.3) is 0 Å². The fourth-order valence-corrected chi connectivity index (χ4v) is 0. The molecule has 0 saturated heterocycles. The van der Waals surface area contributed by atoms with Gasteiger partial charge in [0, 0.05) is 0 Å². The van der Waals surface area contributed by atoms with Crippen LogP contribution in [0.4, 0.5) is 0 Å². The van der Waals surface area contributed by atoms with Crippen LogP contribution in [-0.2, 0) is 19.5 Å². The van der Waals surface area contributed by atoms with Gasteiger partial charge in [-0.3, -0.25) is 5.41 Å². The average molecular weight is 159 g/mol. The molecule has 0 aliphatic heterocycles. The minimum atomic E-state index is 0. The second-order valence-corrected chi connectivity index (χ2v) is 0.683. The molecule has 0 aromatic rings. The predicted molar refractivity (Wildman–Crippen MR) is 17.6 cm³/mol. The van der Waals surface area contributed by atoms with Gasteiger partial charge in [-0.1, -0.05) is 0 Å². The van der Waals surface area contributed by atoms with Crippen LogP contribution in [-0.4, -0.2) is 5.84 Å². The third-order valence-corrected chi connectivity index (χ3v) is 0. The maximum atomic E-state index is 6.28. The Morgan fingerprint density at radius 2 is 1.80 bits per heavy atom. The number of hydrogen-bond donors (Lipinski definition) is 2. The fraction of sp³-hybridized carbons (Fsp3) is 0.500. The van der Waals surface area contributed by atoms with E-state index in [0.29, 0.717) is 0 Å². The summed E-state index contributed by atoms with van der Waals surface area (Å²) >= 11 is 0. The van der Waals surface area contributed by atoms with Gasteiger partial charge in [0.2, 0.25) is 0 Å². The maximum Gasteiger partial charge on any atom is 3.00 e. The SMILES string of the molecule is CC(=N)N.[Ru+3]. The fourth-order valence-electron chi connectivity index (χ4n) is 0. The van der Waals surface area contributed by atoms with Crippen LogP contribution < -0.4 is 5.73 Å². The molecule has 0 aliphatic carbocycles. The molecule has 3 N–H and O–H groups in total. The van der Waals surface area contributed by atoms with Crippen LogP contribution in [0.3, 0.4) is 0 Å². The smallest absolute Gasteiger partial charge is 0.388 e. The molecule has 0 spiro atoms. The van der Waals surface area contributed by atoms with E-state index in [4.69, 9.17) is 11.1 Å². The molecule has 0 amide bonds. The van der Waals surface area contributed by atoms with Crippen molar-refractivity contribution in [1.29, 1.82) is 5.41 Å². The summed E-state index contributed by atoms with van der Waals surface area (Å²) in [5, 5.41) is 6.28. The summed E-state index contributed by atoms with van der Waals surface area (Å²) in [4.78, 5) is 0. The Morgan fingerprint density at radius 3 is 1.80 bits per heavy atom. The second kappa shape index (κ2) is 4.09. The van der Waals surface area contributed by atoms with Crippen LogP contribution in [0.5, 0.6) is 0 Å². The Labute approximate surface area is 44.0 Å². The minimum Gasteiger partial charge on any atom is -0.388 e. The van der Waals surface area contributed by atoms with Gasteiger partial charge in [-0.2, -0.15) is 0 Å². The van der Waals surface area contributed by atoms with E-state index in [1.54, 1.807) is 0 Å². The zero-order valence-electron chi connectivity index (χ0n) is 2.93. The molecule has 5 heavy (non-hydrogen) atoms. The van der Waals surface area contributed by atoms with Gasteiger partial charge < -0.3 is 5.73 Å². The normalized spacial score (nSPS) is 5.00. The molecular weight excluding hydrogens is 153 g/mol. The minimum absolute atomic E-state index is 0. The van der Waals surface area contributed by atoms with Crippen LogP contribution >= 0.6 is 0 Å². The van der Waals surface area contributed by atoms with Crippen molar-refractivity contribution in [1.82, 2.24) is 0 Å². The van der Waals surface area contributed by atoms with Crippen molar-refractivity contribution in [3.05, 3.63) is 0 Å². The van der Waals surface area contributed by atoms with Crippen molar-refractivity contribution in [2.75, 3.05) is 0 Å². The molecule has 0 saturated carbocycles. The first-order chi connectivity index (χ1) is 1.73. The molecule has 0 bridgehead atoms. The second-order valence-electron chi connectivity index (χ2n) is 0.683. The van der Waals surface area contributed by atoms with Gasteiger partial charge in [0.05, 0.1) is 5.84 Å². The summed E-state index contributed by atoms with van der Waals surface area (Å²) < 4.78 is 0. The van der Waals surface area contributed by atoms with E-state index >= 15 is 0 Å². The van der Waals surface area contributed by atoms with E-state index in [1.165, 1.54) is 6.92 Å². The first-order valence-electron chi connectivity index (χ1n) is 1.04. The van der Waals surface area contributed by atoms with Crippen LogP contribution in [0.2, 0.25) is 0 Å². The zero-order valence-corrected chi connectivity index (χ0v) is 4.67. The number of amidine groups is 1. The molecule has 0 unspecified atom stereocenters. The van der Waals surface area contributed by atoms with Crippen molar-refractivity contribution >= 4 is 5.84 Å². The molecule has 2 nitrogen and oxygen atoms in total. The summed E-state index contributed by atoms with van der Waals surface area (Å²) in [6.07, 6.45) is 0. The first kappa shape index (κ1) is 8.92. The monoisotopic (exact) mass is 160 g/mol. The van der Waals surface area contributed by atoms with E-state index in [9.17, 15) is 0 Å². The number of rotatable bonds is 0. The predicted octanol–water partition coefficient (Wildman–Crippen LogP) is -0.0602.